The smallest absolute Gasteiger partial charge is 0.115 e. The normalized spacial score (nSPS) is 19.1. The molecule has 1 N–H and O–H groups in total. The Balaban J connectivity index is 1.68. The molecule has 1 aliphatic rings. The Morgan fingerprint density at radius 3 is 3.00 bits per heavy atom. The second kappa shape index (κ2) is 6.64. The van der Waals surface area contributed by atoms with Crippen molar-refractivity contribution in [3.8, 4) is 0 Å². The van der Waals surface area contributed by atoms with E-state index in [-0.39, 0.29) is 0 Å². The quantitative estimate of drug-likeness (QED) is 0.796. The van der Waals surface area contributed by atoms with E-state index in [0.717, 1.165) is 45.1 Å². The molecule has 94 valence electrons. The monoisotopic (exact) mass is 236 g/mol. The zero-order valence-corrected chi connectivity index (χ0v) is 10.3. The van der Waals surface area contributed by atoms with Crippen molar-refractivity contribution in [2.75, 3.05) is 32.8 Å². The van der Waals surface area contributed by atoms with Crippen LogP contribution in [0.25, 0.3) is 0 Å². The number of rotatable bonds is 5. The minimum atomic E-state index is 0.461. The maximum atomic E-state index is 5.33. The van der Waals surface area contributed by atoms with Gasteiger partial charge in [-0.2, -0.15) is 0 Å². The molecule has 1 aliphatic heterocycles. The van der Waals surface area contributed by atoms with E-state index < -0.39 is 0 Å². The molecular weight excluding hydrogens is 216 g/mol. The largest absolute Gasteiger partial charge is 0.379 e. The SMILES string of the molecule is CC(CN1CCOCC1)NCc1ccncn1. The first kappa shape index (κ1) is 12.4. The van der Waals surface area contributed by atoms with Crippen LogP contribution in [0.1, 0.15) is 12.6 Å². The molecule has 1 aromatic rings. The van der Waals surface area contributed by atoms with Crippen molar-refractivity contribution in [2.24, 2.45) is 0 Å². The summed E-state index contributed by atoms with van der Waals surface area (Å²) >= 11 is 0. The van der Waals surface area contributed by atoms with Crippen LogP contribution in [0, 0.1) is 0 Å². The third-order valence-electron chi connectivity index (χ3n) is 2.91. The van der Waals surface area contributed by atoms with E-state index in [4.69, 9.17) is 4.74 Å². The van der Waals surface area contributed by atoms with Crippen LogP contribution in [0.15, 0.2) is 18.6 Å². The van der Waals surface area contributed by atoms with E-state index in [2.05, 4.69) is 27.1 Å². The molecule has 1 saturated heterocycles. The highest BCUT2D eigenvalue weighted by Gasteiger charge is 2.13. The molecule has 0 saturated carbocycles. The van der Waals surface area contributed by atoms with Crippen LogP contribution in [0.2, 0.25) is 0 Å². The van der Waals surface area contributed by atoms with Gasteiger partial charge in [0.1, 0.15) is 6.33 Å². The van der Waals surface area contributed by atoms with Crippen molar-refractivity contribution in [2.45, 2.75) is 19.5 Å². The molecule has 0 aromatic carbocycles. The standard InChI is InChI=1S/C12H20N4O/c1-11(9-16-4-6-17-7-5-16)14-8-12-2-3-13-10-15-12/h2-3,10-11,14H,4-9H2,1H3. The number of ether oxygens (including phenoxy) is 1. The first-order valence-corrected chi connectivity index (χ1v) is 6.13. The van der Waals surface area contributed by atoms with Gasteiger partial charge in [0, 0.05) is 38.4 Å². The molecule has 1 atom stereocenters. The molecule has 17 heavy (non-hydrogen) atoms. The Labute approximate surface area is 102 Å². The van der Waals surface area contributed by atoms with Crippen LogP contribution in [-0.4, -0.2) is 53.8 Å². The highest BCUT2D eigenvalue weighted by atomic mass is 16.5. The summed E-state index contributed by atoms with van der Waals surface area (Å²) in [4.78, 5) is 10.5. The summed E-state index contributed by atoms with van der Waals surface area (Å²) in [5.41, 5.74) is 1.04. The molecule has 1 aromatic heterocycles. The van der Waals surface area contributed by atoms with Crippen molar-refractivity contribution in [3.05, 3.63) is 24.3 Å². The lowest BCUT2D eigenvalue weighted by atomic mass is 10.2. The van der Waals surface area contributed by atoms with Crippen LogP contribution in [0.4, 0.5) is 0 Å². The van der Waals surface area contributed by atoms with E-state index in [9.17, 15) is 0 Å². The zero-order valence-electron chi connectivity index (χ0n) is 10.3. The van der Waals surface area contributed by atoms with E-state index >= 15 is 0 Å². The lowest BCUT2D eigenvalue weighted by molar-refractivity contribution is 0.0343. The van der Waals surface area contributed by atoms with Gasteiger partial charge in [0.2, 0.25) is 0 Å². The Hall–Kier alpha value is -1.04. The lowest BCUT2D eigenvalue weighted by Gasteiger charge is -2.29. The predicted molar refractivity (Wildman–Crippen MR) is 65.6 cm³/mol. The predicted octanol–water partition coefficient (Wildman–Crippen LogP) is 0.287. The average molecular weight is 236 g/mol. The van der Waals surface area contributed by atoms with Gasteiger partial charge in [-0.15, -0.1) is 0 Å². The lowest BCUT2D eigenvalue weighted by Crippen LogP contribution is -2.44. The third kappa shape index (κ3) is 4.38. The number of hydrogen-bond acceptors (Lipinski definition) is 5. The number of hydrogen-bond donors (Lipinski definition) is 1. The van der Waals surface area contributed by atoms with Crippen LogP contribution >= 0.6 is 0 Å². The summed E-state index contributed by atoms with van der Waals surface area (Å²) in [5, 5.41) is 3.47. The third-order valence-corrected chi connectivity index (χ3v) is 2.91. The molecule has 1 unspecified atom stereocenters. The Morgan fingerprint density at radius 2 is 2.29 bits per heavy atom. The molecule has 1 fully saturated rings. The Bertz CT molecular complexity index is 314. The molecule has 0 bridgehead atoms. The summed E-state index contributed by atoms with van der Waals surface area (Å²) in [6.45, 7) is 7.87. The molecule has 0 amide bonds. The Morgan fingerprint density at radius 1 is 1.47 bits per heavy atom. The molecule has 0 aliphatic carbocycles. The molecule has 0 radical (unpaired) electrons. The fourth-order valence-corrected chi connectivity index (χ4v) is 1.94. The molecular formula is C12H20N4O. The van der Waals surface area contributed by atoms with Crippen molar-refractivity contribution in [1.82, 2.24) is 20.2 Å². The van der Waals surface area contributed by atoms with Crippen LogP contribution in [0.5, 0.6) is 0 Å². The maximum absolute atomic E-state index is 5.33. The molecule has 2 rings (SSSR count). The van der Waals surface area contributed by atoms with Gasteiger partial charge in [-0.1, -0.05) is 0 Å². The Kier molecular flexibility index (Phi) is 4.85. The second-order valence-corrected chi connectivity index (χ2v) is 4.40. The molecule has 5 heteroatoms. The van der Waals surface area contributed by atoms with Crippen molar-refractivity contribution in [3.63, 3.8) is 0 Å². The van der Waals surface area contributed by atoms with Crippen LogP contribution in [-0.2, 0) is 11.3 Å². The van der Waals surface area contributed by atoms with E-state index in [0.29, 0.717) is 6.04 Å². The fraction of sp³-hybridized carbons (Fsp3) is 0.667. The van der Waals surface area contributed by atoms with Crippen molar-refractivity contribution in [1.29, 1.82) is 0 Å². The fourth-order valence-electron chi connectivity index (χ4n) is 1.94. The maximum Gasteiger partial charge on any atom is 0.115 e. The topological polar surface area (TPSA) is 50.3 Å². The van der Waals surface area contributed by atoms with Gasteiger partial charge < -0.3 is 10.1 Å². The molecule has 2 heterocycles. The number of morpholine rings is 1. The first-order chi connectivity index (χ1) is 8.34. The van der Waals surface area contributed by atoms with E-state index in [1.165, 1.54) is 0 Å². The van der Waals surface area contributed by atoms with Crippen molar-refractivity contribution < 1.29 is 4.74 Å². The van der Waals surface area contributed by atoms with Gasteiger partial charge in [-0.25, -0.2) is 9.97 Å². The minimum Gasteiger partial charge on any atom is -0.379 e. The highest BCUT2D eigenvalue weighted by Crippen LogP contribution is 1.99. The van der Waals surface area contributed by atoms with Gasteiger partial charge in [-0.3, -0.25) is 4.90 Å². The second-order valence-electron chi connectivity index (χ2n) is 4.40. The minimum absolute atomic E-state index is 0.461. The van der Waals surface area contributed by atoms with Gasteiger partial charge in [0.25, 0.3) is 0 Å². The summed E-state index contributed by atoms with van der Waals surface area (Å²) in [6.07, 6.45) is 3.36. The van der Waals surface area contributed by atoms with Crippen LogP contribution in [0.3, 0.4) is 0 Å². The van der Waals surface area contributed by atoms with Gasteiger partial charge in [-0.05, 0) is 13.0 Å². The number of nitrogens with one attached hydrogen (secondary N) is 1. The van der Waals surface area contributed by atoms with Gasteiger partial charge in [0.05, 0.1) is 18.9 Å². The first-order valence-electron chi connectivity index (χ1n) is 6.13. The summed E-state index contributed by atoms with van der Waals surface area (Å²) in [7, 11) is 0. The van der Waals surface area contributed by atoms with E-state index in [1.54, 1.807) is 12.5 Å². The molecule has 0 spiro atoms. The summed E-state index contributed by atoms with van der Waals surface area (Å²) in [6, 6.07) is 2.40. The van der Waals surface area contributed by atoms with Gasteiger partial charge in [0.15, 0.2) is 0 Å². The molecule has 5 nitrogen and oxygen atoms in total. The highest BCUT2D eigenvalue weighted by molar-refractivity contribution is 4.97. The number of nitrogens with zero attached hydrogens (tertiary/aromatic N) is 3. The van der Waals surface area contributed by atoms with Crippen LogP contribution < -0.4 is 5.32 Å². The van der Waals surface area contributed by atoms with E-state index in [1.807, 2.05) is 6.07 Å². The summed E-state index contributed by atoms with van der Waals surface area (Å²) < 4.78 is 5.33. The van der Waals surface area contributed by atoms with Gasteiger partial charge >= 0.3 is 0 Å². The van der Waals surface area contributed by atoms with Crippen molar-refractivity contribution >= 4 is 0 Å². The zero-order chi connectivity index (χ0) is 11.9. The average Bonchev–Trinajstić information content (AvgIpc) is 2.39. The number of aromatic nitrogens is 2. The summed E-state index contributed by atoms with van der Waals surface area (Å²) in [5.74, 6) is 0.